The zero-order valence-electron chi connectivity index (χ0n) is 11.6. The number of carbonyl (C=O) groups is 1. The fraction of sp³-hybridized carbons (Fsp3) is 0.200. The van der Waals surface area contributed by atoms with Gasteiger partial charge in [0, 0.05) is 18.4 Å². The van der Waals surface area contributed by atoms with Gasteiger partial charge in [0.05, 0.1) is 19.6 Å². The van der Waals surface area contributed by atoms with Crippen LogP contribution in [0.4, 0.5) is 11.5 Å². The highest BCUT2D eigenvalue weighted by molar-refractivity contribution is 5.85. The summed E-state index contributed by atoms with van der Waals surface area (Å²) in [6.07, 6.45) is 1.84. The van der Waals surface area contributed by atoms with Gasteiger partial charge in [0.25, 0.3) is 0 Å². The molecule has 0 saturated carbocycles. The average molecular weight is 282 g/mol. The van der Waals surface area contributed by atoms with E-state index in [0.717, 1.165) is 5.69 Å². The minimum Gasteiger partial charge on any atom is -0.463 e. The lowest BCUT2D eigenvalue weighted by Crippen LogP contribution is -2.21. The Hall–Kier alpha value is -2.94. The number of anilines is 2. The number of methoxy groups -OCH3 is 1. The van der Waals surface area contributed by atoms with Gasteiger partial charge in [-0.1, -0.05) is 18.2 Å². The molecule has 0 bridgehead atoms. The number of hydrogen-bond donors (Lipinski definition) is 0. The van der Waals surface area contributed by atoms with E-state index in [-0.39, 0.29) is 5.82 Å². The summed E-state index contributed by atoms with van der Waals surface area (Å²) in [5, 5.41) is 8.81. The largest absolute Gasteiger partial charge is 0.463 e. The molecule has 0 radical (unpaired) electrons. The summed E-state index contributed by atoms with van der Waals surface area (Å²) >= 11 is 0. The number of esters is 1. The van der Waals surface area contributed by atoms with Gasteiger partial charge in [-0.3, -0.25) is 0 Å². The van der Waals surface area contributed by atoms with E-state index >= 15 is 0 Å². The molecule has 0 N–H and O–H groups in total. The summed E-state index contributed by atoms with van der Waals surface area (Å²) in [6, 6.07) is 13.3. The molecule has 1 aromatic heterocycles. The normalized spacial score (nSPS) is 9.71. The molecule has 0 unspecified atom stereocenters. The summed E-state index contributed by atoms with van der Waals surface area (Å²) in [7, 11) is 1.28. The van der Waals surface area contributed by atoms with Crippen molar-refractivity contribution in [3.63, 3.8) is 0 Å². The molecule has 0 aliphatic rings. The fourth-order valence-electron chi connectivity index (χ4n) is 1.83. The molecule has 2 aromatic rings. The third-order valence-electron chi connectivity index (χ3n) is 2.80. The molecular formula is C15H14N4O2. The summed E-state index contributed by atoms with van der Waals surface area (Å²) < 4.78 is 4.62. The zero-order valence-corrected chi connectivity index (χ0v) is 11.6. The molecule has 0 aliphatic carbocycles. The number of aromatic nitrogens is 2. The minimum absolute atomic E-state index is 0.00658. The van der Waals surface area contributed by atoms with Crippen molar-refractivity contribution in [2.24, 2.45) is 0 Å². The molecule has 6 heteroatoms. The van der Waals surface area contributed by atoms with Gasteiger partial charge in [0.15, 0.2) is 0 Å². The maximum Gasteiger partial charge on any atom is 0.376 e. The molecule has 1 aromatic carbocycles. The Morgan fingerprint density at radius 3 is 2.76 bits per heavy atom. The first-order valence-corrected chi connectivity index (χ1v) is 6.37. The van der Waals surface area contributed by atoms with Gasteiger partial charge in [-0.15, -0.1) is 0 Å². The molecule has 2 rings (SSSR count). The summed E-state index contributed by atoms with van der Waals surface area (Å²) in [5.41, 5.74) is 0.891. The molecule has 1 heterocycles. The van der Waals surface area contributed by atoms with Gasteiger partial charge >= 0.3 is 5.97 Å². The first-order chi connectivity index (χ1) is 10.3. The van der Waals surface area contributed by atoms with E-state index in [1.54, 1.807) is 6.07 Å². The number of benzene rings is 1. The Labute approximate surface area is 122 Å². The molecule has 0 saturated heterocycles. The van der Waals surface area contributed by atoms with Gasteiger partial charge in [0.2, 0.25) is 5.82 Å². The molecule has 6 nitrogen and oxygen atoms in total. The molecular weight excluding hydrogens is 268 g/mol. The second-order valence-corrected chi connectivity index (χ2v) is 4.13. The maximum absolute atomic E-state index is 11.5. The second kappa shape index (κ2) is 7.01. The van der Waals surface area contributed by atoms with Crippen molar-refractivity contribution < 1.29 is 9.53 Å². The van der Waals surface area contributed by atoms with E-state index < -0.39 is 5.97 Å². The number of nitriles is 1. The van der Waals surface area contributed by atoms with Crippen molar-refractivity contribution in [1.82, 2.24) is 9.97 Å². The summed E-state index contributed by atoms with van der Waals surface area (Å²) in [4.78, 5) is 21.5. The van der Waals surface area contributed by atoms with Gasteiger partial charge in [-0.2, -0.15) is 5.26 Å². The molecule has 0 amide bonds. The van der Waals surface area contributed by atoms with Crippen molar-refractivity contribution in [2.45, 2.75) is 6.42 Å². The first-order valence-electron chi connectivity index (χ1n) is 6.37. The SMILES string of the molecule is COC(=O)c1nccc(N(CCC#N)c2ccccc2)n1. The standard InChI is InChI=1S/C15H14N4O2/c1-21-15(20)14-17-10-8-13(18-14)19(11-5-9-16)12-6-3-2-4-7-12/h2-4,6-8,10H,5,11H2,1H3. The number of hydrogen-bond acceptors (Lipinski definition) is 6. The Bertz CT molecular complexity index is 652. The maximum atomic E-state index is 11.5. The van der Waals surface area contributed by atoms with Crippen LogP contribution in [-0.4, -0.2) is 29.6 Å². The van der Waals surface area contributed by atoms with Crippen molar-refractivity contribution in [2.75, 3.05) is 18.6 Å². The predicted octanol–water partition coefficient (Wildman–Crippen LogP) is 2.31. The van der Waals surface area contributed by atoms with Crippen LogP contribution < -0.4 is 4.90 Å². The van der Waals surface area contributed by atoms with Crippen LogP contribution in [0, 0.1) is 11.3 Å². The number of para-hydroxylation sites is 1. The van der Waals surface area contributed by atoms with Crippen LogP contribution in [0.25, 0.3) is 0 Å². The highest BCUT2D eigenvalue weighted by atomic mass is 16.5. The molecule has 0 spiro atoms. The zero-order chi connectivity index (χ0) is 15.1. The van der Waals surface area contributed by atoms with Crippen LogP contribution in [0.1, 0.15) is 17.0 Å². The van der Waals surface area contributed by atoms with Gasteiger partial charge in [0.1, 0.15) is 5.82 Å². The van der Waals surface area contributed by atoms with Gasteiger partial charge in [-0.25, -0.2) is 14.8 Å². The predicted molar refractivity (Wildman–Crippen MR) is 77.0 cm³/mol. The van der Waals surface area contributed by atoms with Crippen LogP contribution in [0.15, 0.2) is 42.6 Å². The van der Waals surface area contributed by atoms with E-state index in [0.29, 0.717) is 18.8 Å². The lowest BCUT2D eigenvalue weighted by Gasteiger charge is -2.22. The highest BCUT2D eigenvalue weighted by Gasteiger charge is 2.14. The molecule has 0 fully saturated rings. The molecule has 0 atom stereocenters. The monoisotopic (exact) mass is 282 g/mol. The van der Waals surface area contributed by atoms with Crippen LogP contribution in [0.3, 0.4) is 0 Å². The van der Waals surface area contributed by atoms with Crippen molar-refractivity contribution in [3.8, 4) is 6.07 Å². The van der Waals surface area contributed by atoms with Gasteiger partial charge in [-0.05, 0) is 18.2 Å². The molecule has 106 valence electrons. The first kappa shape index (κ1) is 14.5. The third kappa shape index (κ3) is 3.54. The van der Waals surface area contributed by atoms with E-state index in [1.165, 1.54) is 13.3 Å². The topological polar surface area (TPSA) is 79.1 Å². The van der Waals surface area contributed by atoms with Crippen molar-refractivity contribution in [3.05, 3.63) is 48.4 Å². The Balaban J connectivity index is 2.37. The van der Waals surface area contributed by atoms with E-state index in [1.807, 2.05) is 35.2 Å². The molecule has 0 aliphatic heterocycles. The van der Waals surface area contributed by atoms with Crippen molar-refractivity contribution >= 4 is 17.5 Å². The highest BCUT2D eigenvalue weighted by Crippen LogP contribution is 2.23. The summed E-state index contributed by atoms with van der Waals surface area (Å²) in [6.45, 7) is 0.470. The Morgan fingerprint density at radius 1 is 1.33 bits per heavy atom. The Morgan fingerprint density at radius 2 is 2.10 bits per heavy atom. The van der Waals surface area contributed by atoms with E-state index in [9.17, 15) is 4.79 Å². The minimum atomic E-state index is -0.592. The van der Waals surface area contributed by atoms with Crippen LogP contribution in [-0.2, 0) is 4.74 Å². The summed E-state index contributed by atoms with van der Waals surface area (Å²) in [5.74, 6) is -0.0510. The van der Waals surface area contributed by atoms with Crippen LogP contribution in [0.2, 0.25) is 0 Å². The van der Waals surface area contributed by atoms with E-state index in [2.05, 4.69) is 20.8 Å². The van der Waals surface area contributed by atoms with Gasteiger partial charge < -0.3 is 9.64 Å². The number of carbonyl (C=O) groups excluding carboxylic acids is 1. The smallest absolute Gasteiger partial charge is 0.376 e. The fourth-order valence-corrected chi connectivity index (χ4v) is 1.83. The lowest BCUT2D eigenvalue weighted by atomic mass is 10.2. The average Bonchev–Trinajstić information content (AvgIpc) is 2.56. The van der Waals surface area contributed by atoms with Crippen LogP contribution in [0.5, 0.6) is 0 Å². The number of ether oxygens (including phenoxy) is 1. The van der Waals surface area contributed by atoms with Crippen molar-refractivity contribution in [1.29, 1.82) is 5.26 Å². The quantitative estimate of drug-likeness (QED) is 0.783. The second-order valence-electron chi connectivity index (χ2n) is 4.13. The van der Waals surface area contributed by atoms with Crippen LogP contribution >= 0.6 is 0 Å². The number of rotatable bonds is 5. The van der Waals surface area contributed by atoms with E-state index in [4.69, 9.17) is 5.26 Å². The number of nitrogens with zero attached hydrogens (tertiary/aromatic N) is 4. The molecule has 21 heavy (non-hydrogen) atoms. The Kier molecular flexibility index (Phi) is 4.83. The lowest BCUT2D eigenvalue weighted by molar-refractivity contribution is 0.0587. The third-order valence-corrected chi connectivity index (χ3v) is 2.80.